The number of alkyl halides is 1. The van der Waals surface area contributed by atoms with Crippen LogP contribution in [0.2, 0.25) is 0 Å². The zero-order chi connectivity index (χ0) is 23.5. The maximum absolute atomic E-state index is 11.9. The first-order valence-electron chi connectivity index (χ1n) is 9.75. The van der Waals surface area contributed by atoms with Crippen LogP contribution in [-0.2, 0) is 23.3 Å². The van der Waals surface area contributed by atoms with Crippen LogP contribution in [0.1, 0.15) is 25.8 Å². The molecule has 0 fully saturated rings. The molecule has 1 aromatic carbocycles. The van der Waals surface area contributed by atoms with Crippen molar-refractivity contribution in [2.75, 3.05) is 20.3 Å². The first-order chi connectivity index (χ1) is 15.3. The molecule has 0 amide bonds. The van der Waals surface area contributed by atoms with Gasteiger partial charge in [0.2, 0.25) is 0 Å². The highest BCUT2D eigenvalue weighted by Gasteiger charge is 2.23. The van der Waals surface area contributed by atoms with E-state index in [2.05, 4.69) is 4.98 Å². The monoisotopic (exact) mass is 488 g/mol. The summed E-state index contributed by atoms with van der Waals surface area (Å²) >= 11 is 6.32. The zero-order valence-corrected chi connectivity index (χ0v) is 19.6. The predicted octanol–water partition coefficient (Wildman–Crippen LogP) is 2.97. The number of aromatic amines is 1. The van der Waals surface area contributed by atoms with Crippen LogP contribution in [0.25, 0.3) is 0 Å². The number of carbonyl (C=O) groups excluding carboxylic acids is 1. The Morgan fingerprint density at radius 2 is 1.88 bits per heavy atom. The van der Waals surface area contributed by atoms with Gasteiger partial charge in [-0.25, -0.2) is 9.59 Å². The van der Waals surface area contributed by atoms with Gasteiger partial charge in [0.05, 0.1) is 18.8 Å². The van der Waals surface area contributed by atoms with E-state index in [4.69, 9.17) is 34.6 Å². The second-order valence-corrected chi connectivity index (χ2v) is 8.43. The highest BCUT2D eigenvalue weighted by molar-refractivity contribution is 7.42. The number of halogens is 1. The van der Waals surface area contributed by atoms with Crippen molar-refractivity contribution in [3.8, 4) is 5.75 Å². The highest BCUT2D eigenvalue weighted by atomic mass is 35.5. The summed E-state index contributed by atoms with van der Waals surface area (Å²) in [6.07, 6.45) is 0.685. The molecule has 2 aromatic rings. The lowest BCUT2D eigenvalue weighted by molar-refractivity contribution is -0.150. The second kappa shape index (κ2) is 13.3. The molecular formula is C20H26ClN2O8P. The molecule has 0 saturated heterocycles. The van der Waals surface area contributed by atoms with Crippen molar-refractivity contribution in [1.82, 2.24) is 9.55 Å². The van der Waals surface area contributed by atoms with Crippen LogP contribution < -0.4 is 15.8 Å². The summed E-state index contributed by atoms with van der Waals surface area (Å²) < 4.78 is 28.6. The number of nitrogens with zero attached hydrogens (tertiary/aromatic N) is 1. The Morgan fingerprint density at radius 1 is 1.16 bits per heavy atom. The molecule has 1 heterocycles. The number of hydrogen-bond donors (Lipinski definition) is 1. The van der Waals surface area contributed by atoms with Gasteiger partial charge in [0, 0.05) is 25.8 Å². The minimum absolute atomic E-state index is 0.00951. The fourth-order valence-corrected chi connectivity index (χ4v) is 3.74. The van der Waals surface area contributed by atoms with Gasteiger partial charge < -0.3 is 14.0 Å². The molecular weight excluding hydrogens is 463 g/mol. The van der Waals surface area contributed by atoms with Gasteiger partial charge >= 0.3 is 20.3 Å². The fraction of sp³-hybridized carbons (Fsp3) is 0.450. The number of ether oxygens (including phenoxy) is 2. The largest absolute Gasteiger partial charge is 0.461 e. The van der Waals surface area contributed by atoms with Gasteiger partial charge in [-0.1, -0.05) is 29.8 Å². The molecule has 0 aliphatic carbocycles. The van der Waals surface area contributed by atoms with E-state index in [0.29, 0.717) is 5.75 Å². The molecule has 0 aliphatic heterocycles. The standard InChI is InChI=1S/C20H26ClN2O8P/c1-14(2)30-19(25)13-29-32(31-15-7-5-4-6-8-15)28-12-16(27-3)11-17(21)23-10-9-18(24)22-20(23)26/h4-10,14,16-17H,11-13H2,1-3H3,(H,22,24,26)/t16?,17-,32?/m1/s1. The first kappa shape index (κ1) is 26.0. The lowest BCUT2D eigenvalue weighted by Crippen LogP contribution is -2.32. The van der Waals surface area contributed by atoms with Crippen molar-refractivity contribution in [2.24, 2.45) is 0 Å². The van der Waals surface area contributed by atoms with Crippen molar-refractivity contribution in [3.05, 3.63) is 63.4 Å². The SMILES string of the molecule is COC(COP(OCC(=O)OC(C)C)Oc1ccccc1)C[C@H](Cl)n1ccc(=O)[nH]c1=O. The van der Waals surface area contributed by atoms with Gasteiger partial charge in [0.1, 0.15) is 11.3 Å². The third-order valence-corrected chi connectivity index (χ3v) is 5.34. The number of aromatic nitrogens is 2. The number of methoxy groups -OCH3 is 1. The Hall–Kier alpha value is -2.23. The Kier molecular flexibility index (Phi) is 10.9. The fourth-order valence-electron chi connectivity index (χ4n) is 2.41. The van der Waals surface area contributed by atoms with Crippen LogP contribution in [0.4, 0.5) is 0 Å². The Balaban J connectivity index is 1.98. The lowest BCUT2D eigenvalue weighted by atomic mass is 10.2. The quantitative estimate of drug-likeness (QED) is 0.260. The Labute approximate surface area is 191 Å². The first-order valence-corrected chi connectivity index (χ1v) is 11.3. The van der Waals surface area contributed by atoms with Crippen LogP contribution in [-0.4, -0.2) is 48.1 Å². The molecule has 2 rings (SSSR count). The van der Waals surface area contributed by atoms with E-state index in [9.17, 15) is 14.4 Å². The Morgan fingerprint density at radius 3 is 2.50 bits per heavy atom. The topological polar surface area (TPSA) is 118 Å². The maximum Gasteiger partial charge on any atom is 0.397 e. The number of esters is 1. The van der Waals surface area contributed by atoms with Crippen LogP contribution >= 0.6 is 20.2 Å². The molecule has 2 unspecified atom stereocenters. The molecule has 0 radical (unpaired) electrons. The van der Waals surface area contributed by atoms with Crippen molar-refractivity contribution >= 4 is 26.2 Å². The smallest absolute Gasteiger partial charge is 0.397 e. The molecule has 10 nitrogen and oxygen atoms in total. The third kappa shape index (κ3) is 9.10. The van der Waals surface area contributed by atoms with Gasteiger partial charge in [-0.05, 0) is 26.0 Å². The van der Waals surface area contributed by atoms with E-state index in [0.717, 1.165) is 0 Å². The van der Waals surface area contributed by atoms with Gasteiger partial charge in [0.15, 0.2) is 6.61 Å². The molecule has 0 aliphatic rings. The van der Waals surface area contributed by atoms with E-state index in [1.54, 1.807) is 38.1 Å². The van der Waals surface area contributed by atoms with E-state index in [1.165, 1.54) is 23.9 Å². The predicted molar refractivity (Wildman–Crippen MR) is 119 cm³/mol. The molecule has 32 heavy (non-hydrogen) atoms. The number of hydrogen-bond acceptors (Lipinski definition) is 8. The number of H-pyrrole nitrogens is 1. The molecule has 0 spiro atoms. The van der Waals surface area contributed by atoms with Crippen LogP contribution in [0.3, 0.4) is 0 Å². The van der Waals surface area contributed by atoms with Crippen molar-refractivity contribution in [2.45, 2.75) is 38.0 Å². The number of nitrogens with one attached hydrogen (secondary N) is 1. The number of para-hydroxylation sites is 1. The molecule has 1 aromatic heterocycles. The van der Waals surface area contributed by atoms with Gasteiger partial charge in [-0.3, -0.25) is 23.4 Å². The summed E-state index contributed by atoms with van der Waals surface area (Å²) in [6.45, 7) is 3.13. The molecule has 12 heteroatoms. The van der Waals surface area contributed by atoms with E-state index >= 15 is 0 Å². The van der Waals surface area contributed by atoms with Gasteiger partial charge in [0.25, 0.3) is 5.56 Å². The summed E-state index contributed by atoms with van der Waals surface area (Å²) in [5, 5.41) is 0. The summed E-state index contributed by atoms with van der Waals surface area (Å²) in [6, 6.07) is 10.0. The van der Waals surface area contributed by atoms with E-state index < -0.39 is 37.4 Å². The van der Waals surface area contributed by atoms with Gasteiger partial charge in [-0.15, -0.1) is 0 Å². The molecule has 0 bridgehead atoms. The van der Waals surface area contributed by atoms with Crippen LogP contribution in [0, 0.1) is 0 Å². The zero-order valence-electron chi connectivity index (χ0n) is 17.9. The molecule has 1 N–H and O–H groups in total. The van der Waals surface area contributed by atoms with Gasteiger partial charge in [-0.2, -0.15) is 0 Å². The normalized spacial score (nSPS) is 14.0. The summed E-state index contributed by atoms with van der Waals surface area (Å²) in [5.74, 6) is -0.0471. The third-order valence-electron chi connectivity index (χ3n) is 3.89. The van der Waals surface area contributed by atoms with Crippen molar-refractivity contribution in [3.63, 3.8) is 0 Å². The minimum Gasteiger partial charge on any atom is -0.461 e. The number of benzene rings is 1. The van der Waals surface area contributed by atoms with E-state index in [-0.39, 0.29) is 25.7 Å². The van der Waals surface area contributed by atoms with Crippen molar-refractivity contribution < 1.29 is 27.8 Å². The van der Waals surface area contributed by atoms with Crippen LogP contribution in [0.5, 0.6) is 5.75 Å². The molecule has 0 saturated carbocycles. The average molecular weight is 489 g/mol. The maximum atomic E-state index is 11.9. The van der Waals surface area contributed by atoms with E-state index in [1.807, 2.05) is 6.07 Å². The number of carbonyl (C=O) groups is 1. The lowest BCUT2D eigenvalue weighted by Gasteiger charge is -2.22. The van der Waals surface area contributed by atoms with Crippen molar-refractivity contribution in [1.29, 1.82) is 0 Å². The highest BCUT2D eigenvalue weighted by Crippen LogP contribution is 2.41. The average Bonchev–Trinajstić information content (AvgIpc) is 2.74. The summed E-state index contributed by atoms with van der Waals surface area (Å²) in [7, 11) is -0.496. The summed E-state index contributed by atoms with van der Waals surface area (Å²) in [4.78, 5) is 37.1. The van der Waals surface area contributed by atoms with Crippen LogP contribution in [0.15, 0.2) is 52.2 Å². The second-order valence-electron chi connectivity index (χ2n) is 6.78. The summed E-state index contributed by atoms with van der Waals surface area (Å²) in [5.41, 5.74) is -1.94. The molecule has 3 atom stereocenters. The molecule has 176 valence electrons. The number of rotatable bonds is 13. The minimum atomic E-state index is -1.96. The Bertz CT molecular complexity index is 952.